The molecule has 20 heavy (non-hydrogen) atoms. The molecular weight excluding hydrogens is 246 g/mol. The highest BCUT2D eigenvalue weighted by atomic mass is 14.9. The molecule has 102 valence electrons. The Balaban J connectivity index is 2.17. The first-order valence-electron chi connectivity index (χ1n) is 6.72. The van der Waals surface area contributed by atoms with Crippen LogP contribution in [-0.4, -0.2) is 0 Å². The third kappa shape index (κ3) is 3.30. The number of nitrogens with two attached hydrogens (primary N) is 1. The van der Waals surface area contributed by atoms with Gasteiger partial charge < -0.3 is 11.1 Å². The maximum Gasteiger partial charge on any atom is 0.0670 e. The predicted molar refractivity (Wildman–Crippen MR) is 84.0 cm³/mol. The van der Waals surface area contributed by atoms with Gasteiger partial charge in [0.1, 0.15) is 0 Å². The smallest absolute Gasteiger partial charge is 0.0670 e. The summed E-state index contributed by atoms with van der Waals surface area (Å²) in [7, 11) is 0. The van der Waals surface area contributed by atoms with Crippen molar-refractivity contribution in [3.05, 3.63) is 53.6 Å². The van der Waals surface area contributed by atoms with E-state index in [-0.39, 0.29) is 0 Å². The molecule has 0 heterocycles. The Morgan fingerprint density at radius 3 is 2.35 bits per heavy atom. The minimum Gasteiger partial charge on any atom is -0.398 e. The summed E-state index contributed by atoms with van der Waals surface area (Å²) in [6.07, 6.45) is 0.327. The molecule has 0 fully saturated rings. The standard InChI is InChI=1S/C17H19N3/c1-12(2)13-3-5-15(6-4-13)20-16-7-8-17(19)14(11-16)9-10-18/h3-8,11-12,20H,9,19H2,1-2H3. The lowest BCUT2D eigenvalue weighted by Crippen LogP contribution is -1.97. The molecule has 0 saturated heterocycles. The maximum absolute atomic E-state index is 8.78. The minimum atomic E-state index is 0.327. The molecular formula is C17H19N3. The van der Waals surface area contributed by atoms with E-state index in [0.717, 1.165) is 16.9 Å². The maximum atomic E-state index is 8.78. The largest absolute Gasteiger partial charge is 0.398 e. The van der Waals surface area contributed by atoms with Crippen molar-refractivity contribution in [2.45, 2.75) is 26.2 Å². The Bertz CT molecular complexity index is 622. The predicted octanol–water partition coefficient (Wildman–Crippen LogP) is 4.20. The van der Waals surface area contributed by atoms with Crippen molar-refractivity contribution in [2.75, 3.05) is 11.1 Å². The van der Waals surface area contributed by atoms with Gasteiger partial charge in [-0.1, -0.05) is 26.0 Å². The van der Waals surface area contributed by atoms with Crippen LogP contribution in [0.1, 0.15) is 30.9 Å². The molecule has 2 aromatic rings. The number of benzene rings is 2. The molecule has 3 heteroatoms. The number of hydrogen-bond acceptors (Lipinski definition) is 3. The Morgan fingerprint density at radius 2 is 1.75 bits per heavy atom. The zero-order valence-electron chi connectivity index (χ0n) is 11.9. The van der Waals surface area contributed by atoms with Crippen molar-refractivity contribution in [2.24, 2.45) is 0 Å². The van der Waals surface area contributed by atoms with Crippen LogP contribution in [0.2, 0.25) is 0 Å². The van der Waals surface area contributed by atoms with Crippen molar-refractivity contribution in [3.8, 4) is 6.07 Å². The zero-order valence-corrected chi connectivity index (χ0v) is 11.9. The lowest BCUT2D eigenvalue weighted by atomic mass is 10.0. The van der Waals surface area contributed by atoms with Gasteiger partial charge in [0, 0.05) is 17.1 Å². The van der Waals surface area contributed by atoms with E-state index in [1.807, 2.05) is 18.2 Å². The van der Waals surface area contributed by atoms with Crippen LogP contribution in [0.25, 0.3) is 0 Å². The van der Waals surface area contributed by atoms with Gasteiger partial charge in [0.2, 0.25) is 0 Å². The van der Waals surface area contributed by atoms with Crippen molar-refractivity contribution in [1.29, 1.82) is 5.26 Å². The molecule has 0 spiro atoms. The topological polar surface area (TPSA) is 61.8 Å². The molecule has 0 bridgehead atoms. The summed E-state index contributed by atoms with van der Waals surface area (Å²) in [5.74, 6) is 0.530. The van der Waals surface area contributed by atoms with Crippen LogP contribution in [0.4, 0.5) is 17.1 Å². The second kappa shape index (κ2) is 6.12. The molecule has 3 N–H and O–H groups in total. The Labute approximate surface area is 120 Å². The van der Waals surface area contributed by atoms with Gasteiger partial charge in [-0.25, -0.2) is 0 Å². The number of nitriles is 1. The summed E-state index contributed by atoms with van der Waals surface area (Å²) in [4.78, 5) is 0. The SMILES string of the molecule is CC(C)c1ccc(Nc2ccc(N)c(CC#N)c2)cc1. The number of rotatable bonds is 4. The van der Waals surface area contributed by atoms with Crippen molar-refractivity contribution in [3.63, 3.8) is 0 Å². The third-order valence-corrected chi connectivity index (χ3v) is 3.28. The first-order chi connectivity index (χ1) is 9.60. The minimum absolute atomic E-state index is 0.327. The Morgan fingerprint density at radius 1 is 1.10 bits per heavy atom. The van der Waals surface area contributed by atoms with E-state index < -0.39 is 0 Å². The van der Waals surface area contributed by atoms with Crippen molar-refractivity contribution < 1.29 is 0 Å². The average Bonchev–Trinajstić information content (AvgIpc) is 2.43. The first kappa shape index (κ1) is 14.0. The fraction of sp³-hybridized carbons (Fsp3) is 0.235. The van der Waals surface area contributed by atoms with Crippen LogP contribution in [0, 0.1) is 11.3 Å². The van der Waals surface area contributed by atoms with E-state index >= 15 is 0 Å². The first-order valence-corrected chi connectivity index (χ1v) is 6.72. The molecule has 2 rings (SSSR count). The van der Waals surface area contributed by atoms with E-state index in [9.17, 15) is 0 Å². The molecule has 0 unspecified atom stereocenters. The molecule has 0 amide bonds. The Hall–Kier alpha value is -2.47. The van der Waals surface area contributed by atoms with Gasteiger partial charge in [-0.05, 0) is 47.4 Å². The fourth-order valence-electron chi connectivity index (χ4n) is 2.04. The van der Waals surface area contributed by atoms with Crippen molar-refractivity contribution in [1.82, 2.24) is 0 Å². The zero-order chi connectivity index (χ0) is 14.5. The number of nitrogens with one attached hydrogen (secondary N) is 1. The van der Waals surface area contributed by atoms with Gasteiger partial charge in [0.05, 0.1) is 12.5 Å². The quantitative estimate of drug-likeness (QED) is 0.814. The summed E-state index contributed by atoms with van der Waals surface area (Å²) >= 11 is 0. The summed E-state index contributed by atoms with van der Waals surface area (Å²) in [6.45, 7) is 4.35. The van der Waals surface area contributed by atoms with E-state index in [1.54, 1.807) is 0 Å². The molecule has 0 aliphatic carbocycles. The van der Waals surface area contributed by atoms with Crippen LogP contribution >= 0.6 is 0 Å². The summed E-state index contributed by atoms with van der Waals surface area (Å²) in [6, 6.07) is 16.2. The molecule has 0 aliphatic rings. The Kier molecular flexibility index (Phi) is 4.27. The average molecular weight is 265 g/mol. The second-order valence-corrected chi connectivity index (χ2v) is 5.15. The third-order valence-electron chi connectivity index (χ3n) is 3.28. The van der Waals surface area contributed by atoms with Crippen LogP contribution < -0.4 is 11.1 Å². The van der Waals surface area contributed by atoms with Gasteiger partial charge in [-0.2, -0.15) is 5.26 Å². The highest BCUT2D eigenvalue weighted by Gasteiger charge is 2.02. The molecule has 0 saturated carbocycles. The fourth-order valence-corrected chi connectivity index (χ4v) is 2.04. The summed E-state index contributed by atoms with van der Waals surface area (Å²) < 4.78 is 0. The lowest BCUT2D eigenvalue weighted by Gasteiger charge is -2.11. The number of nitrogens with zero attached hydrogens (tertiary/aromatic N) is 1. The molecule has 0 radical (unpaired) electrons. The van der Waals surface area contributed by atoms with Crippen molar-refractivity contribution >= 4 is 17.1 Å². The molecule has 3 nitrogen and oxygen atoms in total. The summed E-state index contributed by atoms with van der Waals surface area (Å²) in [5.41, 5.74) is 10.7. The summed E-state index contributed by atoms with van der Waals surface area (Å²) in [5, 5.41) is 12.1. The van der Waals surface area contributed by atoms with Gasteiger partial charge in [-0.3, -0.25) is 0 Å². The normalized spacial score (nSPS) is 10.3. The van der Waals surface area contributed by atoms with Crippen LogP contribution in [0.5, 0.6) is 0 Å². The van der Waals surface area contributed by atoms with Gasteiger partial charge in [0.15, 0.2) is 0 Å². The molecule has 0 aliphatic heterocycles. The van der Waals surface area contributed by atoms with Crippen LogP contribution in [-0.2, 0) is 6.42 Å². The van der Waals surface area contributed by atoms with Crippen LogP contribution in [0.15, 0.2) is 42.5 Å². The lowest BCUT2D eigenvalue weighted by molar-refractivity contribution is 0.867. The number of nitrogen functional groups attached to an aromatic ring is 1. The molecule has 2 aromatic carbocycles. The van der Waals surface area contributed by atoms with E-state index in [0.29, 0.717) is 18.0 Å². The van der Waals surface area contributed by atoms with E-state index in [2.05, 4.69) is 49.5 Å². The van der Waals surface area contributed by atoms with Crippen LogP contribution in [0.3, 0.4) is 0 Å². The van der Waals surface area contributed by atoms with E-state index in [1.165, 1.54) is 5.56 Å². The van der Waals surface area contributed by atoms with Gasteiger partial charge in [0.25, 0.3) is 0 Å². The van der Waals surface area contributed by atoms with E-state index in [4.69, 9.17) is 11.0 Å². The number of anilines is 3. The number of hydrogen-bond donors (Lipinski definition) is 2. The molecule has 0 atom stereocenters. The van der Waals surface area contributed by atoms with Gasteiger partial charge >= 0.3 is 0 Å². The monoisotopic (exact) mass is 265 g/mol. The second-order valence-electron chi connectivity index (χ2n) is 5.15. The highest BCUT2D eigenvalue weighted by Crippen LogP contribution is 2.23. The highest BCUT2D eigenvalue weighted by molar-refractivity contribution is 5.65. The molecule has 0 aromatic heterocycles. The van der Waals surface area contributed by atoms with Gasteiger partial charge in [-0.15, -0.1) is 0 Å².